The van der Waals surface area contributed by atoms with Crippen LogP contribution in [0, 0.1) is 0 Å². The highest BCUT2D eigenvalue weighted by Crippen LogP contribution is 2.35. The Hall–Kier alpha value is -1.15. The third-order valence-electron chi connectivity index (χ3n) is 4.26. The van der Waals surface area contributed by atoms with E-state index in [1.165, 1.54) is 11.1 Å². The fraction of sp³-hybridized carbons (Fsp3) is 0.562. The number of ketones is 1. The van der Waals surface area contributed by atoms with E-state index in [4.69, 9.17) is 4.74 Å². The SMILES string of the molecule is CC1CCC(C(=O)C2CCCc3ccccc32)O1. The fourth-order valence-corrected chi connectivity index (χ4v) is 3.29. The van der Waals surface area contributed by atoms with Gasteiger partial charge in [-0.3, -0.25) is 4.79 Å². The van der Waals surface area contributed by atoms with Crippen LogP contribution >= 0.6 is 0 Å². The molecule has 96 valence electrons. The number of hydrogen-bond donors (Lipinski definition) is 0. The molecule has 1 heterocycles. The van der Waals surface area contributed by atoms with Crippen molar-refractivity contribution >= 4 is 5.78 Å². The zero-order valence-corrected chi connectivity index (χ0v) is 10.9. The first-order valence-electron chi connectivity index (χ1n) is 7.02. The molecule has 1 aromatic rings. The highest BCUT2D eigenvalue weighted by molar-refractivity contribution is 5.90. The average molecular weight is 244 g/mol. The largest absolute Gasteiger partial charge is 0.367 e. The number of fused-ring (bicyclic) bond motifs is 1. The summed E-state index contributed by atoms with van der Waals surface area (Å²) in [4.78, 5) is 12.6. The molecule has 3 rings (SSSR count). The van der Waals surface area contributed by atoms with Crippen molar-refractivity contribution in [3.8, 4) is 0 Å². The lowest BCUT2D eigenvalue weighted by atomic mass is 9.79. The number of aryl methyl sites for hydroxylation is 1. The molecule has 3 atom stereocenters. The number of Topliss-reactive ketones (excluding diaryl/α,β-unsaturated/α-hetero) is 1. The van der Waals surface area contributed by atoms with Gasteiger partial charge < -0.3 is 4.74 Å². The van der Waals surface area contributed by atoms with Gasteiger partial charge in [0.05, 0.1) is 6.10 Å². The molecule has 18 heavy (non-hydrogen) atoms. The van der Waals surface area contributed by atoms with Gasteiger partial charge in [0.2, 0.25) is 0 Å². The van der Waals surface area contributed by atoms with E-state index in [0.717, 1.165) is 32.1 Å². The molecule has 0 radical (unpaired) electrons. The number of hydrogen-bond acceptors (Lipinski definition) is 2. The normalized spacial score (nSPS) is 31.1. The Bertz CT molecular complexity index is 452. The number of rotatable bonds is 2. The summed E-state index contributed by atoms with van der Waals surface area (Å²) in [5, 5.41) is 0. The van der Waals surface area contributed by atoms with Gasteiger partial charge in [0.1, 0.15) is 6.10 Å². The minimum Gasteiger partial charge on any atom is -0.367 e. The molecule has 3 unspecified atom stereocenters. The van der Waals surface area contributed by atoms with Gasteiger partial charge >= 0.3 is 0 Å². The smallest absolute Gasteiger partial charge is 0.168 e. The first-order valence-corrected chi connectivity index (χ1v) is 7.02. The topological polar surface area (TPSA) is 26.3 Å². The van der Waals surface area contributed by atoms with Crippen molar-refractivity contribution < 1.29 is 9.53 Å². The fourth-order valence-electron chi connectivity index (χ4n) is 3.29. The van der Waals surface area contributed by atoms with E-state index in [1.54, 1.807) is 0 Å². The molecule has 2 nitrogen and oxygen atoms in total. The van der Waals surface area contributed by atoms with Crippen molar-refractivity contribution in [1.29, 1.82) is 0 Å². The molecule has 1 fully saturated rings. The molecule has 0 N–H and O–H groups in total. The predicted octanol–water partition coefficient (Wildman–Crippen LogP) is 3.24. The first kappa shape index (κ1) is 11.9. The Labute approximate surface area is 108 Å². The van der Waals surface area contributed by atoms with Gasteiger partial charge in [0, 0.05) is 5.92 Å². The van der Waals surface area contributed by atoms with Crippen molar-refractivity contribution in [2.75, 3.05) is 0 Å². The number of benzene rings is 1. The minimum absolute atomic E-state index is 0.0743. The van der Waals surface area contributed by atoms with Crippen LogP contribution < -0.4 is 0 Å². The van der Waals surface area contributed by atoms with E-state index in [9.17, 15) is 4.79 Å². The second kappa shape index (κ2) is 4.85. The molecular weight excluding hydrogens is 224 g/mol. The molecule has 1 aliphatic carbocycles. The Kier molecular flexibility index (Phi) is 3.21. The second-order valence-corrected chi connectivity index (χ2v) is 5.56. The maximum absolute atomic E-state index is 12.6. The van der Waals surface area contributed by atoms with E-state index in [2.05, 4.69) is 25.1 Å². The van der Waals surface area contributed by atoms with E-state index in [1.807, 2.05) is 6.07 Å². The molecule has 1 aromatic carbocycles. The lowest BCUT2D eigenvalue weighted by Crippen LogP contribution is -2.29. The van der Waals surface area contributed by atoms with Crippen LogP contribution in [0.25, 0.3) is 0 Å². The Morgan fingerprint density at radius 2 is 2.06 bits per heavy atom. The van der Waals surface area contributed by atoms with Gasteiger partial charge in [0.25, 0.3) is 0 Å². The minimum atomic E-state index is -0.156. The molecule has 1 aliphatic heterocycles. The van der Waals surface area contributed by atoms with Crippen LogP contribution in [0.1, 0.15) is 49.7 Å². The molecule has 0 amide bonds. The summed E-state index contributed by atoms with van der Waals surface area (Å²) in [5.41, 5.74) is 2.60. The van der Waals surface area contributed by atoms with Gasteiger partial charge in [0.15, 0.2) is 5.78 Å². The molecule has 1 saturated heterocycles. The van der Waals surface area contributed by atoms with Crippen molar-refractivity contribution in [2.45, 2.75) is 57.2 Å². The number of carbonyl (C=O) groups excluding carboxylic acids is 1. The third-order valence-corrected chi connectivity index (χ3v) is 4.26. The summed E-state index contributed by atoms with van der Waals surface area (Å²) in [7, 11) is 0. The van der Waals surface area contributed by atoms with Crippen LogP contribution in [0.5, 0.6) is 0 Å². The lowest BCUT2D eigenvalue weighted by Gasteiger charge is -2.26. The second-order valence-electron chi connectivity index (χ2n) is 5.56. The first-order chi connectivity index (χ1) is 8.75. The van der Waals surface area contributed by atoms with E-state index < -0.39 is 0 Å². The summed E-state index contributed by atoms with van der Waals surface area (Å²) in [6.07, 6.45) is 5.24. The summed E-state index contributed by atoms with van der Waals surface area (Å²) in [6, 6.07) is 8.39. The standard InChI is InChI=1S/C16H20O2/c1-11-9-10-15(18-11)16(17)14-8-4-6-12-5-2-3-7-13(12)14/h2-3,5,7,11,14-15H,4,6,8-10H2,1H3. The van der Waals surface area contributed by atoms with Gasteiger partial charge in [-0.15, -0.1) is 0 Å². The van der Waals surface area contributed by atoms with Crippen molar-refractivity contribution in [3.63, 3.8) is 0 Å². The number of carbonyl (C=O) groups is 1. The van der Waals surface area contributed by atoms with Crippen LogP contribution in [0.15, 0.2) is 24.3 Å². The van der Waals surface area contributed by atoms with Gasteiger partial charge in [-0.1, -0.05) is 24.3 Å². The lowest BCUT2D eigenvalue weighted by molar-refractivity contribution is -0.131. The summed E-state index contributed by atoms with van der Waals surface area (Å²) in [6.45, 7) is 2.06. The monoisotopic (exact) mass is 244 g/mol. The molecule has 0 aromatic heterocycles. The molecule has 0 saturated carbocycles. The van der Waals surface area contributed by atoms with Crippen LogP contribution in [-0.2, 0) is 16.0 Å². The van der Waals surface area contributed by atoms with Crippen molar-refractivity contribution in [1.82, 2.24) is 0 Å². The third kappa shape index (κ3) is 2.10. The molecule has 2 aliphatic rings. The van der Waals surface area contributed by atoms with E-state index >= 15 is 0 Å². The van der Waals surface area contributed by atoms with Gasteiger partial charge in [-0.25, -0.2) is 0 Å². The van der Waals surface area contributed by atoms with Gasteiger partial charge in [-0.05, 0) is 50.2 Å². The summed E-state index contributed by atoms with van der Waals surface area (Å²) < 4.78 is 5.74. The van der Waals surface area contributed by atoms with Crippen molar-refractivity contribution in [3.05, 3.63) is 35.4 Å². The number of ether oxygens (including phenoxy) is 1. The molecular formula is C16H20O2. The van der Waals surface area contributed by atoms with Crippen LogP contribution in [0.3, 0.4) is 0 Å². The van der Waals surface area contributed by atoms with Crippen molar-refractivity contribution in [2.24, 2.45) is 0 Å². The molecule has 2 heteroatoms. The quantitative estimate of drug-likeness (QED) is 0.798. The predicted molar refractivity (Wildman–Crippen MR) is 70.7 cm³/mol. The summed E-state index contributed by atoms with van der Waals surface area (Å²) >= 11 is 0. The van der Waals surface area contributed by atoms with E-state index in [-0.39, 0.29) is 18.1 Å². The highest BCUT2D eigenvalue weighted by atomic mass is 16.5. The molecule has 0 spiro atoms. The van der Waals surface area contributed by atoms with Gasteiger partial charge in [-0.2, -0.15) is 0 Å². The molecule has 0 bridgehead atoms. The Balaban J connectivity index is 1.83. The van der Waals surface area contributed by atoms with Crippen LogP contribution in [0.4, 0.5) is 0 Å². The average Bonchev–Trinajstić information content (AvgIpc) is 2.84. The maximum Gasteiger partial charge on any atom is 0.168 e. The Morgan fingerprint density at radius 3 is 2.83 bits per heavy atom. The summed E-state index contributed by atoms with van der Waals surface area (Å²) in [5.74, 6) is 0.386. The zero-order chi connectivity index (χ0) is 12.5. The zero-order valence-electron chi connectivity index (χ0n) is 10.9. The maximum atomic E-state index is 12.6. The van der Waals surface area contributed by atoms with E-state index in [0.29, 0.717) is 5.78 Å². The van der Waals surface area contributed by atoms with Crippen LogP contribution in [0.2, 0.25) is 0 Å². The van der Waals surface area contributed by atoms with Crippen LogP contribution in [-0.4, -0.2) is 18.0 Å². The highest BCUT2D eigenvalue weighted by Gasteiger charge is 2.35. The Morgan fingerprint density at radius 1 is 1.22 bits per heavy atom.